The van der Waals surface area contributed by atoms with Crippen molar-refractivity contribution < 1.29 is 63.8 Å². The van der Waals surface area contributed by atoms with E-state index in [0.717, 1.165) is 0 Å². The van der Waals surface area contributed by atoms with Gasteiger partial charge in [0.25, 0.3) is 0 Å². The summed E-state index contributed by atoms with van der Waals surface area (Å²) in [7, 11) is 0. The summed E-state index contributed by atoms with van der Waals surface area (Å²) in [6, 6.07) is 0. The minimum Gasteiger partial charge on any atom is -0.479 e. The number of hydrogen-bond acceptors (Lipinski definition) is 11. The van der Waals surface area contributed by atoms with Crippen molar-refractivity contribution in [3.63, 3.8) is 0 Å². The Bertz CT molecular complexity index is 565. The number of rotatable bonds is 9. The van der Waals surface area contributed by atoms with Crippen molar-refractivity contribution in [1.82, 2.24) is 0 Å². The molecule has 13 heteroatoms. The Balaban J connectivity index is 4.36. The van der Waals surface area contributed by atoms with Gasteiger partial charge in [0, 0.05) is 0 Å². The SMILES string of the molecule is O=C(CC(O)C(=O)O)OC(=O)CC(O)C(=O)OC(=O)CC(O)C(=O)O. The topological polar surface area (TPSA) is 222 Å². The van der Waals surface area contributed by atoms with Crippen molar-refractivity contribution in [3.8, 4) is 0 Å². The standard InChI is InChI=1S/C12H14O13/c13-4(10(19)20)1-7(16)24-8(17)3-6(15)12(23)25-9(18)2-5(14)11(21)22/h4-6,13-15H,1-3H2,(H,19,20)(H,21,22). The van der Waals surface area contributed by atoms with Gasteiger partial charge >= 0.3 is 35.8 Å². The van der Waals surface area contributed by atoms with Gasteiger partial charge in [0.2, 0.25) is 0 Å². The number of esters is 4. The van der Waals surface area contributed by atoms with E-state index in [4.69, 9.17) is 20.4 Å². The summed E-state index contributed by atoms with van der Waals surface area (Å²) in [6.45, 7) is 0. The van der Waals surface area contributed by atoms with Crippen LogP contribution in [-0.2, 0) is 38.2 Å². The van der Waals surface area contributed by atoms with E-state index >= 15 is 0 Å². The third-order valence-electron chi connectivity index (χ3n) is 2.36. The van der Waals surface area contributed by atoms with Gasteiger partial charge in [-0.2, -0.15) is 0 Å². The number of carboxylic acids is 2. The highest BCUT2D eigenvalue weighted by Gasteiger charge is 2.28. The fraction of sp³-hybridized carbons (Fsp3) is 0.500. The molecule has 0 heterocycles. The summed E-state index contributed by atoms with van der Waals surface area (Å²) in [5.74, 6) is -9.58. The Kier molecular flexibility index (Phi) is 8.90. The summed E-state index contributed by atoms with van der Waals surface area (Å²) in [4.78, 5) is 65.2. The smallest absolute Gasteiger partial charge is 0.343 e. The quantitative estimate of drug-likeness (QED) is 0.198. The highest BCUT2D eigenvalue weighted by Crippen LogP contribution is 2.03. The van der Waals surface area contributed by atoms with Crippen LogP contribution in [0.3, 0.4) is 0 Å². The van der Waals surface area contributed by atoms with Crippen molar-refractivity contribution in [2.75, 3.05) is 0 Å². The first-order valence-corrected chi connectivity index (χ1v) is 6.41. The molecule has 0 saturated heterocycles. The van der Waals surface area contributed by atoms with Gasteiger partial charge in [-0.05, 0) is 0 Å². The van der Waals surface area contributed by atoms with Crippen LogP contribution in [0.5, 0.6) is 0 Å². The zero-order valence-electron chi connectivity index (χ0n) is 12.4. The first kappa shape index (κ1) is 22.1. The summed E-state index contributed by atoms with van der Waals surface area (Å²) in [5.41, 5.74) is 0. The fourth-order valence-corrected chi connectivity index (χ4v) is 1.16. The van der Waals surface area contributed by atoms with Crippen LogP contribution < -0.4 is 0 Å². The van der Waals surface area contributed by atoms with Crippen molar-refractivity contribution in [2.45, 2.75) is 37.6 Å². The van der Waals surface area contributed by atoms with Crippen LogP contribution in [0.25, 0.3) is 0 Å². The highest BCUT2D eigenvalue weighted by molar-refractivity contribution is 5.93. The Labute approximate surface area is 138 Å². The van der Waals surface area contributed by atoms with Crippen LogP contribution >= 0.6 is 0 Å². The molecule has 0 aromatic rings. The molecule has 25 heavy (non-hydrogen) atoms. The van der Waals surface area contributed by atoms with E-state index < -0.39 is 73.4 Å². The van der Waals surface area contributed by atoms with Crippen LogP contribution in [0.4, 0.5) is 0 Å². The number of ether oxygens (including phenoxy) is 2. The average Bonchev–Trinajstić information content (AvgIpc) is 2.45. The Hall–Kier alpha value is -2.90. The molecule has 140 valence electrons. The van der Waals surface area contributed by atoms with Crippen molar-refractivity contribution >= 4 is 35.8 Å². The molecule has 3 atom stereocenters. The molecule has 0 saturated carbocycles. The Morgan fingerprint density at radius 1 is 0.600 bits per heavy atom. The lowest BCUT2D eigenvalue weighted by Gasteiger charge is -2.10. The predicted octanol–water partition coefficient (Wildman–Crippen LogP) is -3.45. The van der Waals surface area contributed by atoms with E-state index in [1.165, 1.54) is 0 Å². The van der Waals surface area contributed by atoms with Gasteiger partial charge in [0.1, 0.15) is 0 Å². The molecule has 0 fully saturated rings. The molecule has 3 unspecified atom stereocenters. The lowest BCUT2D eigenvalue weighted by Crippen LogP contribution is -2.32. The first-order chi connectivity index (χ1) is 11.4. The lowest BCUT2D eigenvalue weighted by molar-refractivity contribution is -0.173. The van der Waals surface area contributed by atoms with E-state index in [9.17, 15) is 33.9 Å². The molecule has 0 aliphatic heterocycles. The molecule has 0 aromatic heterocycles. The number of aliphatic hydroxyl groups is 3. The molecular weight excluding hydrogens is 352 g/mol. The zero-order chi connectivity index (χ0) is 19.7. The summed E-state index contributed by atoms with van der Waals surface area (Å²) in [6.07, 6.45) is -9.82. The second kappa shape index (κ2) is 10.1. The molecule has 0 aromatic carbocycles. The molecule has 0 spiro atoms. The Morgan fingerprint density at radius 2 is 0.920 bits per heavy atom. The summed E-state index contributed by atoms with van der Waals surface area (Å²) < 4.78 is 7.99. The van der Waals surface area contributed by atoms with Gasteiger partial charge in [-0.3, -0.25) is 14.4 Å². The van der Waals surface area contributed by atoms with Crippen LogP contribution in [0.1, 0.15) is 19.3 Å². The number of carbonyl (C=O) groups is 6. The molecule has 0 aliphatic carbocycles. The van der Waals surface area contributed by atoms with Gasteiger partial charge < -0.3 is 35.0 Å². The number of aliphatic carboxylic acids is 2. The number of hydrogen-bond donors (Lipinski definition) is 5. The molecule has 0 rings (SSSR count). The maximum Gasteiger partial charge on any atom is 0.343 e. The first-order valence-electron chi connectivity index (χ1n) is 6.41. The minimum absolute atomic E-state index is 1.06. The van der Waals surface area contributed by atoms with Gasteiger partial charge in [-0.1, -0.05) is 0 Å². The highest BCUT2D eigenvalue weighted by atomic mass is 16.6. The van der Waals surface area contributed by atoms with Gasteiger partial charge in [0.05, 0.1) is 19.3 Å². The van der Waals surface area contributed by atoms with Gasteiger partial charge in [0.15, 0.2) is 18.3 Å². The van der Waals surface area contributed by atoms with Gasteiger partial charge in [-0.15, -0.1) is 0 Å². The normalized spacial score (nSPS) is 13.9. The fourth-order valence-electron chi connectivity index (χ4n) is 1.16. The van der Waals surface area contributed by atoms with Crippen LogP contribution in [-0.4, -0.2) is 79.7 Å². The monoisotopic (exact) mass is 366 g/mol. The average molecular weight is 366 g/mol. The van der Waals surface area contributed by atoms with Gasteiger partial charge in [-0.25, -0.2) is 14.4 Å². The zero-order valence-corrected chi connectivity index (χ0v) is 12.4. The second-order valence-corrected chi connectivity index (χ2v) is 4.48. The molecule has 13 nitrogen and oxygen atoms in total. The van der Waals surface area contributed by atoms with E-state index in [1.807, 2.05) is 0 Å². The molecular formula is C12H14O13. The van der Waals surface area contributed by atoms with Crippen LogP contribution in [0.2, 0.25) is 0 Å². The summed E-state index contributed by atoms with van der Waals surface area (Å²) >= 11 is 0. The minimum atomic E-state index is -2.25. The Morgan fingerprint density at radius 3 is 1.28 bits per heavy atom. The third kappa shape index (κ3) is 9.09. The number of aliphatic hydroxyl groups excluding tert-OH is 3. The lowest BCUT2D eigenvalue weighted by atomic mass is 10.2. The van der Waals surface area contributed by atoms with E-state index in [1.54, 1.807) is 0 Å². The molecule has 0 bridgehead atoms. The molecule has 0 amide bonds. The molecule has 5 N–H and O–H groups in total. The summed E-state index contributed by atoms with van der Waals surface area (Å²) in [5, 5.41) is 43.7. The van der Waals surface area contributed by atoms with E-state index in [2.05, 4.69) is 9.47 Å². The van der Waals surface area contributed by atoms with E-state index in [0.29, 0.717) is 0 Å². The van der Waals surface area contributed by atoms with Crippen LogP contribution in [0, 0.1) is 0 Å². The van der Waals surface area contributed by atoms with E-state index in [-0.39, 0.29) is 0 Å². The number of carbonyl (C=O) groups excluding carboxylic acids is 4. The second-order valence-electron chi connectivity index (χ2n) is 4.48. The maximum atomic E-state index is 11.3. The van der Waals surface area contributed by atoms with Crippen LogP contribution in [0.15, 0.2) is 0 Å². The largest absolute Gasteiger partial charge is 0.479 e. The number of carboxylic acid groups (broad SMARTS) is 2. The maximum absolute atomic E-state index is 11.3. The third-order valence-corrected chi connectivity index (χ3v) is 2.36. The molecule has 0 radical (unpaired) electrons. The predicted molar refractivity (Wildman–Crippen MR) is 69.3 cm³/mol. The van der Waals surface area contributed by atoms with Crippen molar-refractivity contribution in [1.29, 1.82) is 0 Å². The van der Waals surface area contributed by atoms with Crippen molar-refractivity contribution in [3.05, 3.63) is 0 Å². The molecule has 0 aliphatic rings. The van der Waals surface area contributed by atoms with Crippen molar-refractivity contribution in [2.24, 2.45) is 0 Å².